The molecule has 0 amide bonds. The topological polar surface area (TPSA) is 47.9 Å². The Morgan fingerprint density at radius 3 is 2.42 bits per heavy atom. The van der Waals surface area contributed by atoms with Crippen molar-refractivity contribution in [2.75, 3.05) is 13.2 Å². The molecule has 0 N–H and O–H groups in total. The Morgan fingerprint density at radius 2 is 2.00 bits per heavy atom. The van der Waals surface area contributed by atoms with Crippen LogP contribution in [0.2, 0.25) is 0 Å². The minimum atomic E-state index is -3.21. The average Bonchev–Trinajstić information content (AvgIpc) is 1.98. The minimum absolute atomic E-state index is 0.0825. The maximum atomic E-state index is 11.4. The van der Waals surface area contributed by atoms with Crippen LogP contribution >= 0.6 is 7.75 Å². The molecule has 0 aromatic carbocycles. The summed E-state index contributed by atoms with van der Waals surface area (Å²) in [6.07, 6.45) is 0. The molecule has 0 radical (unpaired) electrons. The molecule has 0 unspecified atom stereocenters. The summed E-state index contributed by atoms with van der Waals surface area (Å²) in [5.74, 6) is 0. The number of hydrogen-bond acceptors (Lipinski definition) is 3. The van der Waals surface area contributed by atoms with Crippen molar-refractivity contribution in [1.82, 2.24) is 0 Å². The summed E-state index contributed by atoms with van der Waals surface area (Å²) >= 11 is 2.39. The molecule has 1 fully saturated rings. The normalized spacial score (nSPS) is 25.8. The predicted octanol–water partition coefficient (Wildman–Crippen LogP) is 1.24. The van der Waals surface area contributed by atoms with Crippen LogP contribution in [0, 0.1) is 5.41 Å². The van der Waals surface area contributed by atoms with Crippen LogP contribution in [-0.2, 0) is 13.6 Å². The SMILES string of the molecule is CC1(C)COP(=O)(N=C=[Se])OC1. The van der Waals surface area contributed by atoms with Crippen molar-refractivity contribution in [3.63, 3.8) is 0 Å². The molecule has 1 heterocycles. The molecule has 0 atom stereocenters. The van der Waals surface area contributed by atoms with E-state index in [1.165, 1.54) is 0 Å². The van der Waals surface area contributed by atoms with Crippen LogP contribution in [0.15, 0.2) is 4.76 Å². The van der Waals surface area contributed by atoms with Gasteiger partial charge in [0.05, 0.1) is 0 Å². The molecule has 1 saturated heterocycles. The van der Waals surface area contributed by atoms with Crippen molar-refractivity contribution in [2.24, 2.45) is 10.2 Å². The Hall–Kier alpha value is 0.249. The molecule has 1 aliphatic rings. The van der Waals surface area contributed by atoms with E-state index in [1.807, 2.05) is 13.8 Å². The van der Waals surface area contributed by atoms with Gasteiger partial charge in [0.15, 0.2) is 0 Å². The molecule has 12 heavy (non-hydrogen) atoms. The summed E-state index contributed by atoms with van der Waals surface area (Å²) in [4.78, 5) is 0. The van der Waals surface area contributed by atoms with Crippen LogP contribution in [0.4, 0.5) is 0 Å². The van der Waals surface area contributed by atoms with Gasteiger partial charge in [0, 0.05) is 0 Å². The number of nitrogens with zero attached hydrogens (tertiary/aromatic N) is 1. The predicted molar refractivity (Wildman–Crippen MR) is 46.5 cm³/mol. The first kappa shape index (κ1) is 10.3. The molecular formula is C6H10NO3PSe. The van der Waals surface area contributed by atoms with E-state index in [0.717, 1.165) is 0 Å². The summed E-state index contributed by atoms with van der Waals surface area (Å²) in [6, 6.07) is 0. The Morgan fingerprint density at radius 1 is 1.50 bits per heavy atom. The first-order valence-corrected chi connectivity index (χ1v) is 5.81. The van der Waals surface area contributed by atoms with Gasteiger partial charge in [-0.2, -0.15) is 0 Å². The molecule has 0 aromatic heterocycles. The fourth-order valence-corrected chi connectivity index (χ4v) is 2.64. The fourth-order valence-electron chi connectivity index (χ4n) is 0.699. The fraction of sp³-hybridized carbons (Fsp3) is 0.833. The van der Waals surface area contributed by atoms with Gasteiger partial charge in [-0.05, 0) is 0 Å². The van der Waals surface area contributed by atoms with Gasteiger partial charge in [0.25, 0.3) is 0 Å². The zero-order valence-corrected chi connectivity index (χ0v) is 9.55. The average molecular weight is 254 g/mol. The standard InChI is InChI=1S/C6H10NO3PSe/c1-6(2)3-9-11(8,7-5-12)10-4-6/h3-4H2,1-2H3. The van der Waals surface area contributed by atoms with Crippen LogP contribution in [0.3, 0.4) is 0 Å². The third kappa shape index (κ3) is 2.63. The third-order valence-corrected chi connectivity index (χ3v) is 3.15. The van der Waals surface area contributed by atoms with Gasteiger partial charge >= 0.3 is 78.9 Å². The quantitative estimate of drug-likeness (QED) is 0.402. The second-order valence-electron chi connectivity index (χ2n) is 3.37. The van der Waals surface area contributed by atoms with Crippen LogP contribution in [-0.4, -0.2) is 33.5 Å². The molecule has 68 valence electrons. The van der Waals surface area contributed by atoms with Gasteiger partial charge in [0.1, 0.15) is 0 Å². The van der Waals surface area contributed by atoms with E-state index in [2.05, 4.69) is 25.1 Å². The zero-order valence-electron chi connectivity index (χ0n) is 6.94. The van der Waals surface area contributed by atoms with Gasteiger partial charge in [-0.25, -0.2) is 0 Å². The Kier molecular flexibility index (Phi) is 3.05. The van der Waals surface area contributed by atoms with Crippen molar-refractivity contribution < 1.29 is 13.6 Å². The molecule has 0 saturated carbocycles. The van der Waals surface area contributed by atoms with Gasteiger partial charge in [-0.3, -0.25) is 0 Å². The van der Waals surface area contributed by atoms with E-state index in [-0.39, 0.29) is 5.41 Å². The molecule has 1 aliphatic heterocycles. The summed E-state index contributed by atoms with van der Waals surface area (Å²) in [5.41, 5.74) is -0.0825. The Balaban J connectivity index is 2.68. The number of hydrogen-bond donors (Lipinski definition) is 0. The summed E-state index contributed by atoms with van der Waals surface area (Å²) < 4.78 is 27.2. The molecule has 1 rings (SSSR count). The van der Waals surface area contributed by atoms with E-state index >= 15 is 0 Å². The van der Waals surface area contributed by atoms with Crippen molar-refractivity contribution in [1.29, 1.82) is 0 Å². The van der Waals surface area contributed by atoms with E-state index < -0.39 is 7.75 Å². The van der Waals surface area contributed by atoms with Gasteiger partial charge in [-0.15, -0.1) is 0 Å². The molecule has 4 nitrogen and oxygen atoms in total. The second kappa shape index (κ2) is 3.55. The van der Waals surface area contributed by atoms with Gasteiger partial charge < -0.3 is 0 Å². The van der Waals surface area contributed by atoms with Crippen LogP contribution in [0.25, 0.3) is 0 Å². The zero-order chi connectivity index (χ0) is 9.24. The second-order valence-corrected chi connectivity index (χ2v) is 5.41. The van der Waals surface area contributed by atoms with Gasteiger partial charge in [-0.1, -0.05) is 0 Å². The summed E-state index contributed by atoms with van der Waals surface area (Å²) in [7, 11) is -3.21. The molecule has 6 heteroatoms. The van der Waals surface area contributed by atoms with Crippen LogP contribution in [0.1, 0.15) is 13.8 Å². The van der Waals surface area contributed by atoms with E-state index in [4.69, 9.17) is 9.05 Å². The van der Waals surface area contributed by atoms with Crippen LogP contribution < -0.4 is 0 Å². The molecule has 0 bridgehead atoms. The molecule has 0 aromatic rings. The van der Waals surface area contributed by atoms with E-state index in [1.54, 1.807) is 0 Å². The molecule has 0 spiro atoms. The first-order chi connectivity index (χ1) is 5.47. The van der Waals surface area contributed by atoms with Gasteiger partial charge in [0.2, 0.25) is 0 Å². The summed E-state index contributed by atoms with van der Waals surface area (Å²) in [5, 5.41) is 0. The molecular weight excluding hydrogens is 244 g/mol. The maximum absolute atomic E-state index is 11.4. The first-order valence-electron chi connectivity index (χ1n) is 3.46. The Labute approximate surface area is 79.3 Å². The van der Waals surface area contributed by atoms with Crippen molar-refractivity contribution in [3.8, 4) is 0 Å². The van der Waals surface area contributed by atoms with E-state index in [9.17, 15) is 4.57 Å². The van der Waals surface area contributed by atoms with Crippen LogP contribution in [0.5, 0.6) is 0 Å². The third-order valence-electron chi connectivity index (χ3n) is 1.40. The van der Waals surface area contributed by atoms with Crippen molar-refractivity contribution >= 4 is 28.0 Å². The van der Waals surface area contributed by atoms with E-state index in [0.29, 0.717) is 13.2 Å². The molecule has 0 aliphatic carbocycles. The Bertz CT molecular complexity index is 258. The monoisotopic (exact) mass is 255 g/mol. The summed E-state index contributed by atoms with van der Waals surface area (Å²) in [6.45, 7) is 4.74. The van der Waals surface area contributed by atoms with Crippen molar-refractivity contribution in [2.45, 2.75) is 13.8 Å². The number of rotatable bonds is 1. The van der Waals surface area contributed by atoms with Crippen molar-refractivity contribution in [3.05, 3.63) is 0 Å².